The summed E-state index contributed by atoms with van der Waals surface area (Å²) in [5.74, 6) is 0.875. The van der Waals surface area contributed by atoms with E-state index in [9.17, 15) is 4.79 Å². The number of rotatable bonds is 6. The summed E-state index contributed by atoms with van der Waals surface area (Å²) in [5.41, 5.74) is 3.68. The van der Waals surface area contributed by atoms with Crippen molar-refractivity contribution in [2.75, 3.05) is 10.6 Å². The Bertz CT molecular complexity index is 1350. The van der Waals surface area contributed by atoms with Gasteiger partial charge < -0.3 is 15.4 Å². The third-order valence-electron chi connectivity index (χ3n) is 5.48. The molecular weight excluding hydrogens is 452 g/mol. The molecule has 2 N–H and O–H groups in total. The lowest BCUT2D eigenvalue weighted by Gasteiger charge is -2.28. The summed E-state index contributed by atoms with van der Waals surface area (Å²) in [6, 6.07) is 24.0. The summed E-state index contributed by atoms with van der Waals surface area (Å²) >= 11 is 5.98. The van der Waals surface area contributed by atoms with E-state index < -0.39 is 6.04 Å². The van der Waals surface area contributed by atoms with Crippen LogP contribution in [-0.4, -0.2) is 26.1 Å². The van der Waals surface area contributed by atoms with E-state index in [4.69, 9.17) is 16.3 Å². The van der Waals surface area contributed by atoms with Gasteiger partial charge in [0.1, 0.15) is 18.4 Å². The normalized spacial score (nSPS) is 14.8. The maximum Gasteiger partial charge on any atom is 0.255 e. The summed E-state index contributed by atoms with van der Waals surface area (Å²) < 4.78 is 7.61. The van der Waals surface area contributed by atoms with Crippen LogP contribution >= 0.6 is 11.6 Å². The minimum absolute atomic E-state index is 0.269. The number of benzene rings is 3. The van der Waals surface area contributed by atoms with E-state index in [1.54, 1.807) is 28.9 Å². The van der Waals surface area contributed by atoms with Gasteiger partial charge in [0.2, 0.25) is 5.95 Å². The lowest BCUT2D eigenvalue weighted by molar-refractivity contribution is -0.113. The number of nitrogens with zero attached hydrogens (tertiary/aromatic N) is 4. The molecule has 0 radical (unpaired) electrons. The van der Waals surface area contributed by atoms with Crippen molar-refractivity contribution in [3.05, 3.63) is 106 Å². The molecule has 170 valence electrons. The largest absolute Gasteiger partial charge is 0.489 e. The van der Waals surface area contributed by atoms with Gasteiger partial charge in [-0.25, -0.2) is 0 Å². The van der Waals surface area contributed by atoms with Gasteiger partial charge in [-0.05, 0) is 64.9 Å². The second-order valence-electron chi connectivity index (χ2n) is 7.82. The van der Waals surface area contributed by atoms with E-state index in [0.717, 1.165) is 11.1 Å². The summed E-state index contributed by atoms with van der Waals surface area (Å²) in [5, 5.41) is 18.6. The van der Waals surface area contributed by atoms with E-state index >= 15 is 0 Å². The van der Waals surface area contributed by atoms with Gasteiger partial charge in [0.15, 0.2) is 0 Å². The highest BCUT2D eigenvalue weighted by Crippen LogP contribution is 2.36. The molecule has 0 aliphatic carbocycles. The van der Waals surface area contributed by atoms with Crippen molar-refractivity contribution < 1.29 is 9.53 Å². The molecule has 1 amide bonds. The van der Waals surface area contributed by atoms with Gasteiger partial charge in [0.25, 0.3) is 5.91 Å². The molecule has 1 aliphatic rings. The fraction of sp³-hybridized carbons (Fsp3) is 0.120. The van der Waals surface area contributed by atoms with Gasteiger partial charge in [0.05, 0.1) is 5.57 Å². The number of carbonyl (C=O) groups is 1. The zero-order valence-corrected chi connectivity index (χ0v) is 19.0. The molecule has 0 bridgehead atoms. The smallest absolute Gasteiger partial charge is 0.255 e. The second kappa shape index (κ2) is 9.36. The standard InChI is InChI=1S/C25H21ClN6O2/c1-16-22(24(33)28-20-12-10-19(26)11-13-20)23(32-25(27-16)29-30-31-32)18-8-5-9-21(14-18)34-15-17-6-3-2-4-7-17/h2-14,23H,15H2,1H3,(H,28,33)(H,27,29,31). The number of allylic oxidation sites excluding steroid dienone is 1. The van der Waals surface area contributed by atoms with Crippen LogP contribution in [0.5, 0.6) is 5.75 Å². The highest BCUT2D eigenvalue weighted by Gasteiger charge is 2.34. The van der Waals surface area contributed by atoms with E-state index in [2.05, 4.69) is 26.2 Å². The van der Waals surface area contributed by atoms with Gasteiger partial charge in [0, 0.05) is 16.4 Å². The lowest BCUT2D eigenvalue weighted by atomic mass is 9.95. The number of anilines is 2. The Hall–Kier alpha value is -4.17. The van der Waals surface area contributed by atoms with Crippen LogP contribution in [0.25, 0.3) is 0 Å². The van der Waals surface area contributed by atoms with Gasteiger partial charge in [-0.2, -0.15) is 4.68 Å². The molecule has 0 saturated heterocycles. The predicted molar refractivity (Wildman–Crippen MR) is 130 cm³/mol. The van der Waals surface area contributed by atoms with Crippen LogP contribution in [0, 0.1) is 0 Å². The number of amides is 1. The Morgan fingerprint density at radius 2 is 1.88 bits per heavy atom. The number of carbonyl (C=O) groups excluding carboxylic acids is 1. The number of ether oxygens (including phenoxy) is 1. The maximum atomic E-state index is 13.4. The number of hydrogen-bond acceptors (Lipinski definition) is 6. The SMILES string of the molecule is CC1=C(C(=O)Nc2ccc(Cl)cc2)C(c2cccc(OCc3ccccc3)c2)n2nnnc2N1. The van der Waals surface area contributed by atoms with Crippen molar-refractivity contribution in [1.29, 1.82) is 0 Å². The predicted octanol–water partition coefficient (Wildman–Crippen LogP) is 4.83. The molecule has 2 heterocycles. The molecule has 1 atom stereocenters. The van der Waals surface area contributed by atoms with Crippen LogP contribution in [0.4, 0.5) is 11.6 Å². The molecule has 0 fully saturated rings. The fourth-order valence-corrected chi connectivity index (χ4v) is 3.99. The Balaban J connectivity index is 1.46. The van der Waals surface area contributed by atoms with Crippen LogP contribution in [0.2, 0.25) is 5.02 Å². The van der Waals surface area contributed by atoms with Crippen LogP contribution in [0.3, 0.4) is 0 Å². The Morgan fingerprint density at radius 3 is 2.68 bits per heavy atom. The van der Waals surface area contributed by atoms with Crippen molar-refractivity contribution in [3.63, 3.8) is 0 Å². The molecular formula is C25H21ClN6O2. The Morgan fingerprint density at radius 1 is 1.09 bits per heavy atom. The molecule has 0 saturated carbocycles. The second-order valence-corrected chi connectivity index (χ2v) is 8.26. The average Bonchev–Trinajstić information content (AvgIpc) is 3.32. The van der Waals surface area contributed by atoms with Crippen molar-refractivity contribution in [2.24, 2.45) is 0 Å². The Kier molecular flexibility index (Phi) is 5.97. The Labute approximate surface area is 201 Å². The first-order valence-electron chi connectivity index (χ1n) is 10.7. The van der Waals surface area contributed by atoms with E-state index in [0.29, 0.717) is 40.3 Å². The molecule has 1 aromatic heterocycles. The summed E-state index contributed by atoms with van der Waals surface area (Å²) in [6.07, 6.45) is 0. The van der Waals surface area contributed by atoms with E-state index in [-0.39, 0.29) is 5.91 Å². The van der Waals surface area contributed by atoms with Crippen molar-refractivity contribution in [3.8, 4) is 5.75 Å². The molecule has 5 rings (SSSR count). The van der Waals surface area contributed by atoms with Crippen LogP contribution in [0.1, 0.15) is 24.1 Å². The number of halogens is 1. The zero-order valence-electron chi connectivity index (χ0n) is 18.3. The van der Waals surface area contributed by atoms with Crippen LogP contribution in [0.15, 0.2) is 90.1 Å². The first-order valence-corrected chi connectivity index (χ1v) is 11.1. The number of tetrazole rings is 1. The molecule has 1 aliphatic heterocycles. The molecule has 8 nitrogen and oxygen atoms in total. The van der Waals surface area contributed by atoms with Crippen LogP contribution in [-0.2, 0) is 11.4 Å². The quantitative estimate of drug-likeness (QED) is 0.417. The van der Waals surface area contributed by atoms with Gasteiger partial charge >= 0.3 is 0 Å². The number of nitrogens with one attached hydrogen (secondary N) is 2. The van der Waals surface area contributed by atoms with Gasteiger partial charge in [-0.15, -0.1) is 0 Å². The molecule has 9 heteroatoms. The van der Waals surface area contributed by atoms with Crippen molar-refractivity contribution >= 4 is 29.1 Å². The molecule has 1 unspecified atom stereocenters. The first kappa shape index (κ1) is 21.7. The van der Waals surface area contributed by atoms with E-state index in [1.807, 2.05) is 61.5 Å². The minimum Gasteiger partial charge on any atom is -0.489 e. The minimum atomic E-state index is -0.543. The number of hydrogen-bond donors (Lipinski definition) is 2. The molecule has 34 heavy (non-hydrogen) atoms. The van der Waals surface area contributed by atoms with Crippen LogP contribution < -0.4 is 15.4 Å². The average molecular weight is 473 g/mol. The molecule has 3 aromatic carbocycles. The summed E-state index contributed by atoms with van der Waals surface area (Å²) in [7, 11) is 0. The van der Waals surface area contributed by atoms with Gasteiger partial charge in [-0.3, -0.25) is 4.79 Å². The number of aromatic nitrogens is 4. The first-order chi connectivity index (χ1) is 16.6. The highest BCUT2D eigenvalue weighted by molar-refractivity contribution is 6.30. The summed E-state index contributed by atoms with van der Waals surface area (Å²) in [4.78, 5) is 13.4. The highest BCUT2D eigenvalue weighted by atomic mass is 35.5. The molecule has 4 aromatic rings. The van der Waals surface area contributed by atoms with Crippen molar-refractivity contribution in [2.45, 2.75) is 19.6 Å². The van der Waals surface area contributed by atoms with Gasteiger partial charge in [-0.1, -0.05) is 59.2 Å². The monoisotopic (exact) mass is 472 g/mol. The van der Waals surface area contributed by atoms with Crippen molar-refractivity contribution in [1.82, 2.24) is 20.2 Å². The third-order valence-corrected chi connectivity index (χ3v) is 5.73. The lowest BCUT2D eigenvalue weighted by Crippen LogP contribution is -2.31. The third kappa shape index (κ3) is 4.49. The molecule has 0 spiro atoms. The topological polar surface area (TPSA) is 94.0 Å². The number of fused-ring (bicyclic) bond motifs is 1. The zero-order chi connectivity index (χ0) is 23.5. The fourth-order valence-electron chi connectivity index (χ4n) is 3.86. The maximum absolute atomic E-state index is 13.4. The summed E-state index contributed by atoms with van der Waals surface area (Å²) in [6.45, 7) is 2.27. The van der Waals surface area contributed by atoms with E-state index in [1.165, 1.54) is 0 Å².